The van der Waals surface area contributed by atoms with Crippen molar-refractivity contribution in [3.8, 4) is 0 Å². The molecule has 2 aromatic rings. The third kappa shape index (κ3) is 3.83. The molecule has 0 saturated carbocycles. The van der Waals surface area contributed by atoms with E-state index in [1.165, 1.54) is 11.0 Å². The maximum absolute atomic E-state index is 13.1. The van der Waals surface area contributed by atoms with E-state index in [4.69, 9.17) is 0 Å². The van der Waals surface area contributed by atoms with Crippen LogP contribution in [0.4, 0.5) is 5.69 Å². The first kappa shape index (κ1) is 18.7. The Labute approximate surface area is 161 Å². The van der Waals surface area contributed by atoms with Gasteiger partial charge in [-0.25, -0.2) is 4.98 Å². The number of hydrogen-bond donors (Lipinski definition) is 0. The van der Waals surface area contributed by atoms with Crippen molar-refractivity contribution >= 4 is 40.6 Å². The summed E-state index contributed by atoms with van der Waals surface area (Å²) in [4.78, 5) is 32.8. The van der Waals surface area contributed by atoms with Gasteiger partial charge >= 0.3 is 0 Å². The number of rotatable bonds is 4. The average molecular weight is 388 g/mol. The fraction of sp³-hybridized carbons (Fsp3) is 0.316. The Bertz CT molecular complexity index is 816. The molecule has 26 heavy (non-hydrogen) atoms. The lowest BCUT2D eigenvalue weighted by Gasteiger charge is -2.34. The number of carbonyl (C=O) groups is 2. The average Bonchev–Trinajstić information content (AvgIpc) is 3.12. The largest absolute Gasteiger partial charge is 0.328 e. The van der Waals surface area contributed by atoms with Gasteiger partial charge in [0.15, 0.2) is 0 Å². The van der Waals surface area contributed by atoms with Gasteiger partial charge in [-0.15, -0.1) is 11.3 Å². The summed E-state index contributed by atoms with van der Waals surface area (Å²) in [6.45, 7) is 6.18. The summed E-state index contributed by atoms with van der Waals surface area (Å²) in [5, 5.41) is 3.02. The molecule has 0 N–H and O–H groups in total. The van der Waals surface area contributed by atoms with Crippen LogP contribution < -0.4 is 4.90 Å². The molecule has 1 fully saturated rings. The highest BCUT2D eigenvalue weighted by molar-refractivity contribution is 7.99. The highest BCUT2D eigenvalue weighted by Gasteiger charge is 2.31. The van der Waals surface area contributed by atoms with Crippen LogP contribution in [0.2, 0.25) is 0 Å². The molecule has 1 saturated heterocycles. The minimum Gasteiger partial charge on any atom is -0.328 e. The number of nitrogens with zero attached hydrogens (tertiary/aromatic N) is 3. The number of benzene rings is 1. The summed E-state index contributed by atoms with van der Waals surface area (Å²) < 4.78 is 0. The van der Waals surface area contributed by atoms with Crippen molar-refractivity contribution in [3.63, 3.8) is 0 Å². The molecule has 1 unspecified atom stereocenters. The van der Waals surface area contributed by atoms with Crippen molar-refractivity contribution in [1.29, 1.82) is 0 Å². The van der Waals surface area contributed by atoms with E-state index in [2.05, 4.69) is 11.6 Å². The summed E-state index contributed by atoms with van der Waals surface area (Å²) >= 11 is 3.47. The number of thioether (sulfide) groups is 1. The van der Waals surface area contributed by atoms with Crippen LogP contribution in [0.15, 0.2) is 42.3 Å². The van der Waals surface area contributed by atoms with E-state index in [0.29, 0.717) is 12.1 Å². The van der Waals surface area contributed by atoms with Gasteiger partial charge in [-0.3, -0.25) is 9.59 Å². The molecule has 136 valence electrons. The van der Waals surface area contributed by atoms with Crippen molar-refractivity contribution in [2.45, 2.75) is 13.0 Å². The number of amides is 2. The van der Waals surface area contributed by atoms with Crippen LogP contribution in [0, 0.1) is 6.92 Å². The molecule has 0 radical (unpaired) electrons. The Kier molecular flexibility index (Phi) is 5.78. The maximum Gasteiger partial charge on any atom is 0.254 e. The van der Waals surface area contributed by atoms with E-state index in [-0.39, 0.29) is 17.9 Å². The molecule has 0 spiro atoms. The third-order valence-corrected chi connectivity index (χ3v) is 6.40. The monoisotopic (exact) mass is 387 g/mol. The van der Waals surface area contributed by atoms with Crippen LogP contribution in [0.5, 0.6) is 0 Å². The molecule has 1 atom stereocenters. The first-order valence-electron chi connectivity index (χ1n) is 8.32. The molecule has 3 rings (SSSR count). The Hall–Kier alpha value is -2.12. The Balaban J connectivity index is 1.80. The van der Waals surface area contributed by atoms with Gasteiger partial charge < -0.3 is 9.80 Å². The molecule has 0 bridgehead atoms. The van der Waals surface area contributed by atoms with E-state index >= 15 is 0 Å². The second kappa shape index (κ2) is 8.05. The first-order chi connectivity index (χ1) is 12.5. The SMILES string of the molecule is C=CC(=O)N(C)c1ccc(C(=O)N2CCSCC2c2nc(C)cs2)cc1. The first-order valence-corrected chi connectivity index (χ1v) is 10.4. The van der Waals surface area contributed by atoms with E-state index < -0.39 is 0 Å². The zero-order chi connectivity index (χ0) is 18.7. The van der Waals surface area contributed by atoms with E-state index in [1.807, 2.05) is 29.0 Å². The van der Waals surface area contributed by atoms with Crippen LogP contribution in [-0.4, -0.2) is 46.8 Å². The van der Waals surface area contributed by atoms with Gasteiger partial charge in [-0.1, -0.05) is 6.58 Å². The van der Waals surface area contributed by atoms with Crippen molar-refractivity contribution < 1.29 is 9.59 Å². The zero-order valence-corrected chi connectivity index (χ0v) is 16.5. The molecule has 0 aliphatic carbocycles. The van der Waals surface area contributed by atoms with Crippen molar-refractivity contribution in [1.82, 2.24) is 9.88 Å². The molecule has 1 aromatic heterocycles. The molecule has 7 heteroatoms. The summed E-state index contributed by atoms with van der Waals surface area (Å²) in [6.07, 6.45) is 1.27. The molecule has 2 amide bonds. The molecule has 5 nitrogen and oxygen atoms in total. The molecular formula is C19H21N3O2S2. The third-order valence-electron chi connectivity index (χ3n) is 4.32. The fourth-order valence-electron chi connectivity index (χ4n) is 2.83. The lowest BCUT2D eigenvalue weighted by molar-refractivity contribution is -0.113. The van der Waals surface area contributed by atoms with Crippen LogP contribution in [0.1, 0.15) is 27.1 Å². The van der Waals surface area contributed by atoms with Crippen LogP contribution in [0.3, 0.4) is 0 Å². The molecule has 1 aromatic carbocycles. The molecule has 2 heterocycles. The minimum absolute atomic E-state index is 0.00685. The van der Waals surface area contributed by atoms with Gasteiger partial charge in [0.05, 0.1) is 6.04 Å². The van der Waals surface area contributed by atoms with Gasteiger partial charge in [-0.05, 0) is 37.3 Å². The van der Waals surface area contributed by atoms with Crippen molar-refractivity contribution in [2.75, 3.05) is 30.0 Å². The number of aryl methyl sites for hydroxylation is 1. The number of anilines is 1. The predicted octanol–water partition coefficient (Wildman–Crippen LogP) is 3.53. The number of aromatic nitrogens is 1. The zero-order valence-electron chi connectivity index (χ0n) is 14.8. The van der Waals surface area contributed by atoms with Gasteiger partial charge in [0.1, 0.15) is 5.01 Å². The maximum atomic E-state index is 13.1. The van der Waals surface area contributed by atoms with Gasteiger partial charge in [0, 0.05) is 47.4 Å². The van der Waals surface area contributed by atoms with E-state index in [9.17, 15) is 9.59 Å². The highest BCUT2D eigenvalue weighted by atomic mass is 32.2. The number of hydrogen-bond acceptors (Lipinski definition) is 5. The lowest BCUT2D eigenvalue weighted by Crippen LogP contribution is -2.40. The number of thiazole rings is 1. The molecular weight excluding hydrogens is 366 g/mol. The summed E-state index contributed by atoms with van der Waals surface area (Å²) in [7, 11) is 1.68. The van der Waals surface area contributed by atoms with Crippen LogP contribution in [-0.2, 0) is 4.79 Å². The summed E-state index contributed by atoms with van der Waals surface area (Å²) in [5.74, 6) is 1.62. The highest BCUT2D eigenvalue weighted by Crippen LogP contribution is 2.32. The van der Waals surface area contributed by atoms with Gasteiger partial charge in [0.25, 0.3) is 5.91 Å². The normalized spacial score (nSPS) is 17.0. The molecule has 1 aliphatic rings. The Morgan fingerprint density at radius 2 is 2.08 bits per heavy atom. The van der Waals surface area contributed by atoms with Crippen molar-refractivity contribution in [3.05, 3.63) is 58.6 Å². The summed E-state index contributed by atoms with van der Waals surface area (Å²) in [5.41, 5.74) is 2.35. The second-order valence-electron chi connectivity index (χ2n) is 6.06. The summed E-state index contributed by atoms with van der Waals surface area (Å²) in [6, 6.07) is 7.14. The van der Waals surface area contributed by atoms with Gasteiger partial charge in [-0.2, -0.15) is 11.8 Å². The van der Waals surface area contributed by atoms with Crippen LogP contribution in [0.25, 0.3) is 0 Å². The molecule has 1 aliphatic heterocycles. The fourth-order valence-corrected chi connectivity index (χ4v) is 4.90. The second-order valence-corrected chi connectivity index (χ2v) is 8.10. The lowest BCUT2D eigenvalue weighted by atomic mass is 10.1. The van der Waals surface area contributed by atoms with E-state index in [1.54, 1.807) is 42.6 Å². The number of carbonyl (C=O) groups excluding carboxylic acids is 2. The topological polar surface area (TPSA) is 53.5 Å². The quantitative estimate of drug-likeness (QED) is 0.753. The Morgan fingerprint density at radius 3 is 2.69 bits per heavy atom. The van der Waals surface area contributed by atoms with E-state index in [0.717, 1.165) is 27.9 Å². The minimum atomic E-state index is -0.184. The standard InChI is InChI=1S/C19H21N3O2S2/c1-4-17(23)21(3)15-7-5-14(6-8-15)19(24)22-9-10-25-12-16(22)18-20-13(2)11-26-18/h4-8,11,16H,1,9-10,12H2,2-3H3. The Morgan fingerprint density at radius 1 is 1.35 bits per heavy atom. The van der Waals surface area contributed by atoms with Gasteiger partial charge in [0.2, 0.25) is 5.91 Å². The van der Waals surface area contributed by atoms with Crippen molar-refractivity contribution in [2.24, 2.45) is 0 Å². The van der Waals surface area contributed by atoms with Crippen LogP contribution >= 0.6 is 23.1 Å². The number of likely N-dealkylation sites (N-methyl/N-ethyl adjacent to an activating group) is 1. The predicted molar refractivity (Wildman–Crippen MR) is 108 cm³/mol. The smallest absolute Gasteiger partial charge is 0.254 e.